The van der Waals surface area contributed by atoms with Crippen LogP contribution in [0.2, 0.25) is 0 Å². The summed E-state index contributed by atoms with van der Waals surface area (Å²) < 4.78 is 38.6. The molecule has 13 heteroatoms. The van der Waals surface area contributed by atoms with Gasteiger partial charge in [0.05, 0.1) is 15.3 Å². The number of rotatable bonds is 10. The van der Waals surface area contributed by atoms with Gasteiger partial charge in [0.1, 0.15) is 39.9 Å². The molecule has 4 unspecified atom stereocenters. The molecule has 1 aromatic heterocycles. The van der Waals surface area contributed by atoms with E-state index in [4.69, 9.17) is 9.47 Å². The first-order chi connectivity index (χ1) is 17.0. The van der Waals surface area contributed by atoms with Gasteiger partial charge >= 0.3 is 17.6 Å². The Kier molecular flexibility index (Phi) is 12.3. The number of esters is 2. The van der Waals surface area contributed by atoms with Crippen molar-refractivity contribution in [3.8, 4) is 0 Å². The Balaban J connectivity index is 3.53. The molecule has 0 aliphatic heterocycles. The van der Waals surface area contributed by atoms with E-state index in [-0.39, 0.29) is 4.47 Å². The van der Waals surface area contributed by atoms with Crippen LogP contribution in [0.25, 0.3) is 0 Å². The predicted octanol–water partition coefficient (Wildman–Crippen LogP) is 5.13. The minimum atomic E-state index is -2.88. The summed E-state index contributed by atoms with van der Waals surface area (Å²) in [5.74, 6) is -3.33. The topological polar surface area (TPSA) is 131 Å². The zero-order valence-electron chi connectivity index (χ0n) is 22.5. The molecule has 1 heterocycles. The molecular formula is C24H37BrN2O8P2. The van der Waals surface area contributed by atoms with E-state index in [0.717, 1.165) is 9.13 Å². The lowest BCUT2D eigenvalue weighted by Crippen LogP contribution is -2.42. The van der Waals surface area contributed by atoms with Gasteiger partial charge in [-0.1, -0.05) is 24.3 Å². The summed E-state index contributed by atoms with van der Waals surface area (Å²) in [7, 11) is -5.65. The van der Waals surface area contributed by atoms with E-state index >= 15 is 0 Å². The van der Waals surface area contributed by atoms with Crippen LogP contribution in [0.15, 0.2) is 44.6 Å². The van der Waals surface area contributed by atoms with Crippen LogP contribution in [0, 0.1) is 10.8 Å². The fourth-order valence-corrected chi connectivity index (χ4v) is 6.06. The van der Waals surface area contributed by atoms with Crippen molar-refractivity contribution in [1.82, 2.24) is 9.13 Å². The molecule has 0 saturated heterocycles. The molecular weight excluding hydrogens is 586 g/mol. The molecule has 0 fully saturated rings. The zero-order valence-corrected chi connectivity index (χ0v) is 26.1. The highest BCUT2D eigenvalue weighted by Crippen LogP contribution is 2.40. The van der Waals surface area contributed by atoms with Crippen LogP contribution >= 0.6 is 31.5 Å². The van der Waals surface area contributed by atoms with Crippen molar-refractivity contribution in [3.05, 3.63) is 55.8 Å². The van der Waals surface area contributed by atoms with Crippen molar-refractivity contribution in [3.63, 3.8) is 0 Å². The number of hydrogen-bond donors (Lipinski definition) is 0. The molecule has 0 aromatic carbocycles. The van der Waals surface area contributed by atoms with Gasteiger partial charge in [0.25, 0.3) is 5.56 Å². The van der Waals surface area contributed by atoms with Gasteiger partial charge in [-0.3, -0.25) is 19.0 Å². The van der Waals surface area contributed by atoms with Gasteiger partial charge in [-0.15, -0.1) is 0 Å². The lowest BCUT2D eigenvalue weighted by atomic mass is 9.98. The van der Waals surface area contributed by atoms with Gasteiger partial charge in [0.15, 0.2) is 0 Å². The van der Waals surface area contributed by atoms with Crippen LogP contribution in [-0.2, 0) is 28.2 Å². The van der Waals surface area contributed by atoms with E-state index < -0.39 is 73.9 Å². The summed E-state index contributed by atoms with van der Waals surface area (Å²) in [5, 5.41) is 0. The first-order valence-corrected chi connectivity index (χ1v) is 15.8. The van der Waals surface area contributed by atoms with Crippen molar-refractivity contribution in [2.45, 2.75) is 67.0 Å². The van der Waals surface area contributed by atoms with Gasteiger partial charge in [0.2, 0.25) is 0 Å². The van der Waals surface area contributed by atoms with Crippen LogP contribution < -0.4 is 11.2 Å². The highest BCUT2D eigenvalue weighted by atomic mass is 79.9. The fourth-order valence-electron chi connectivity index (χ4n) is 2.94. The van der Waals surface area contributed by atoms with Crippen molar-refractivity contribution in [2.24, 2.45) is 10.8 Å². The smallest absolute Gasteiger partial charge is 0.332 e. The summed E-state index contributed by atoms with van der Waals surface area (Å²) >= 11 is 3.15. The number of allylic oxidation sites excluding steroid dienone is 4. The average molecular weight is 623 g/mol. The van der Waals surface area contributed by atoms with Crippen molar-refractivity contribution in [2.75, 3.05) is 12.7 Å². The van der Waals surface area contributed by atoms with Gasteiger partial charge in [-0.05, 0) is 71.3 Å². The van der Waals surface area contributed by atoms with E-state index in [1.54, 1.807) is 61.5 Å². The summed E-state index contributed by atoms with van der Waals surface area (Å²) in [6, 6.07) is 0. The molecule has 37 heavy (non-hydrogen) atoms. The monoisotopic (exact) mass is 622 g/mol. The molecule has 0 N–H and O–H groups in total. The molecule has 1 aromatic rings. The normalized spacial score (nSPS) is 15.9. The van der Waals surface area contributed by atoms with Crippen molar-refractivity contribution >= 4 is 43.5 Å². The second-order valence-corrected chi connectivity index (χ2v) is 14.8. The number of aromatic nitrogens is 2. The second-order valence-electron chi connectivity index (χ2n) is 10.4. The van der Waals surface area contributed by atoms with Gasteiger partial charge < -0.3 is 18.6 Å². The zero-order chi connectivity index (χ0) is 28.7. The highest BCUT2D eigenvalue weighted by Gasteiger charge is 2.29. The summed E-state index contributed by atoms with van der Waals surface area (Å²) in [6.07, 6.45) is 6.39. The minimum absolute atomic E-state index is 0.0286. The summed E-state index contributed by atoms with van der Waals surface area (Å²) in [4.78, 5) is 50.9. The molecule has 0 amide bonds. The first-order valence-electron chi connectivity index (χ1n) is 11.7. The van der Waals surface area contributed by atoms with E-state index in [2.05, 4.69) is 15.9 Å². The molecule has 0 aliphatic rings. The quantitative estimate of drug-likeness (QED) is 0.199. The highest BCUT2D eigenvalue weighted by molar-refractivity contribution is 9.10. The predicted molar refractivity (Wildman–Crippen MR) is 149 cm³/mol. The number of carbonyl (C=O) groups excluding carboxylic acids is 2. The summed E-state index contributed by atoms with van der Waals surface area (Å²) in [5.41, 5.74) is -3.22. The molecule has 4 atom stereocenters. The van der Waals surface area contributed by atoms with Gasteiger partial charge in [-0.25, -0.2) is 9.36 Å². The largest absolute Gasteiger partial charge is 0.458 e. The third-order valence-electron chi connectivity index (χ3n) is 5.01. The van der Waals surface area contributed by atoms with Crippen LogP contribution in [0.5, 0.6) is 0 Å². The van der Waals surface area contributed by atoms with Crippen LogP contribution in [-0.4, -0.2) is 33.8 Å². The van der Waals surface area contributed by atoms with Crippen molar-refractivity contribution < 1.29 is 28.2 Å². The Morgan fingerprint density at radius 3 is 1.70 bits per heavy atom. The second kappa shape index (κ2) is 13.7. The summed E-state index contributed by atoms with van der Waals surface area (Å²) in [6.45, 7) is 13.2. The van der Waals surface area contributed by atoms with Gasteiger partial charge in [0, 0.05) is 6.20 Å². The Morgan fingerprint density at radius 2 is 1.30 bits per heavy atom. The van der Waals surface area contributed by atoms with Crippen LogP contribution in [0.1, 0.15) is 67.0 Å². The van der Waals surface area contributed by atoms with Crippen LogP contribution in [0.3, 0.4) is 0 Å². The Hall–Kier alpha value is -1.96. The molecule has 10 nitrogen and oxygen atoms in total. The SMILES string of the molecule is CC=CC(n1cc(Br)c(=O)n(C(C=CC)[PH](=O)COC(=O)C(C)(C)C)c1=O)[PH](=O)COC(=O)C(C)(C)C. The molecule has 0 spiro atoms. The number of halogens is 1. The third kappa shape index (κ3) is 9.08. The fraction of sp³-hybridized carbons (Fsp3) is 0.583. The molecule has 0 radical (unpaired) electrons. The minimum Gasteiger partial charge on any atom is -0.458 e. The Morgan fingerprint density at radius 1 is 0.892 bits per heavy atom. The Labute approximate surface area is 226 Å². The van der Waals surface area contributed by atoms with E-state index in [0.29, 0.717) is 0 Å². The Bertz CT molecular complexity index is 1220. The van der Waals surface area contributed by atoms with Crippen LogP contribution in [0.4, 0.5) is 0 Å². The van der Waals surface area contributed by atoms with E-state index in [9.17, 15) is 28.3 Å². The first kappa shape index (κ1) is 33.1. The maximum absolute atomic E-state index is 13.6. The number of carbonyl (C=O) groups is 2. The molecule has 0 aliphatic carbocycles. The molecule has 1 rings (SSSR count). The maximum Gasteiger partial charge on any atom is 0.332 e. The maximum atomic E-state index is 13.6. The standard InChI is InChI=1S/C24H37BrN2O8P2/c1-9-11-17(36(32)14-34-20(29)23(3,4)5)26-13-16(25)19(28)27(22(26)31)18(12-10-2)37(33)15-35-21(30)24(6,7)8/h9-13,17-18,36-37H,14-15H2,1-8H3. The molecule has 208 valence electrons. The number of ether oxygens (including phenoxy) is 2. The average Bonchev–Trinajstić information content (AvgIpc) is 2.79. The number of nitrogens with zero attached hydrogens (tertiary/aromatic N) is 2. The molecule has 0 saturated carbocycles. The lowest BCUT2D eigenvalue weighted by Gasteiger charge is -2.23. The van der Waals surface area contributed by atoms with Crippen molar-refractivity contribution in [1.29, 1.82) is 0 Å². The number of hydrogen-bond acceptors (Lipinski definition) is 8. The van der Waals surface area contributed by atoms with E-state index in [1.165, 1.54) is 24.4 Å². The third-order valence-corrected chi connectivity index (χ3v) is 8.65. The van der Waals surface area contributed by atoms with E-state index in [1.807, 2.05) is 0 Å². The van der Waals surface area contributed by atoms with Gasteiger partial charge in [-0.2, -0.15) is 0 Å². The lowest BCUT2D eigenvalue weighted by molar-refractivity contribution is -0.151. The molecule has 0 bridgehead atoms.